The molecule has 0 saturated carbocycles. The van der Waals surface area contributed by atoms with Gasteiger partial charge in [0.1, 0.15) is 29.0 Å². The van der Waals surface area contributed by atoms with Gasteiger partial charge in [0.05, 0.1) is 19.7 Å². The van der Waals surface area contributed by atoms with Gasteiger partial charge in [-0.25, -0.2) is 15.0 Å². The Morgan fingerprint density at radius 3 is 2.63 bits per heavy atom. The number of fused-ring (bicyclic) bond motifs is 1. The molecule has 0 unspecified atom stereocenters. The standard InChI is InChI=1S/C26H31N7O2/c1-6-26(34-5)14-33(15-26)25-23-20(10-17(3)29-25)13-27-22(30-23)12-18-8-9-19(11-21(18)35-7-2)24-31-28-16-32(24)4/h8-11,13,16H,6-7,12,14-15H2,1-5H3. The number of aromatic nitrogens is 6. The normalized spacial score (nSPS) is 14.8. The van der Waals surface area contributed by atoms with E-state index in [0.29, 0.717) is 13.0 Å². The summed E-state index contributed by atoms with van der Waals surface area (Å²) in [6.45, 7) is 8.33. The zero-order valence-corrected chi connectivity index (χ0v) is 20.9. The molecule has 0 N–H and O–H groups in total. The fraction of sp³-hybridized carbons (Fsp3) is 0.423. The Balaban J connectivity index is 1.48. The van der Waals surface area contributed by atoms with E-state index < -0.39 is 0 Å². The minimum atomic E-state index is -0.107. The van der Waals surface area contributed by atoms with E-state index in [0.717, 1.165) is 70.5 Å². The van der Waals surface area contributed by atoms with E-state index in [1.807, 2.05) is 49.9 Å². The Labute approximate surface area is 205 Å². The summed E-state index contributed by atoms with van der Waals surface area (Å²) in [5, 5.41) is 9.19. The average molecular weight is 474 g/mol. The maximum absolute atomic E-state index is 5.98. The van der Waals surface area contributed by atoms with Gasteiger partial charge in [0.2, 0.25) is 0 Å². The van der Waals surface area contributed by atoms with Gasteiger partial charge in [0.25, 0.3) is 0 Å². The SMILES string of the molecule is CCOc1cc(-c2nncn2C)ccc1Cc1ncc2cc(C)nc(N3CC(CC)(OC)C3)c2n1. The second-order valence-corrected chi connectivity index (χ2v) is 9.11. The van der Waals surface area contributed by atoms with Crippen LogP contribution in [0.1, 0.15) is 37.4 Å². The summed E-state index contributed by atoms with van der Waals surface area (Å²) in [6, 6.07) is 8.14. The van der Waals surface area contributed by atoms with Crippen molar-refractivity contribution in [2.45, 2.75) is 39.2 Å². The summed E-state index contributed by atoms with van der Waals surface area (Å²) in [4.78, 5) is 16.7. The van der Waals surface area contributed by atoms with Crippen molar-refractivity contribution in [2.75, 3.05) is 31.7 Å². The van der Waals surface area contributed by atoms with Crippen LogP contribution in [0.4, 0.5) is 5.82 Å². The van der Waals surface area contributed by atoms with Crippen LogP contribution in [-0.2, 0) is 18.2 Å². The second kappa shape index (κ2) is 9.22. The van der Waals surface area contributed by atoms with E-state index in [1.165, 1.54) is 0 Å². The van der Waals surface area contributed by atoms with E-state index in [-0.39, 0.29) is 5.60 Å². The Hall–Kier alpha value is -3.59. The number of anilines is 1. The van der Waals surface area contributed by atoms with Gasteiger partial charge in [-0.3, -0.25) is 0 Å². The monoisotopic (exact) mass is 473 g/mol. The third-order valence-corrected chi connectivity index (χ3v) is 6.75. The lowest BCUT2D eigenvalue weighted by Crippen LogP contribution is -2.63. The lowest BCUT2D eigenvalue weighted by molar-refractivity contribution is -0.0359. The third-order valence-electron chi connectivity index (χ3n) is 6.75. The van der Waals surface area contributed by atoms with E-state index in [9.17, 15) is 0 Å². The smallest absolute Gasteiger partial charge is 0.163 e. The Morgan fingerprint density at radius 2 is 1.94 bits per heavy atom. The first kappa shape index (κ1) is 23.2. The molecule has 4 aromatic rings. The fourth-order valence-corrected chi connectivity index (χ4v) is 4.64. The van der Waals surface area contributed by atoms with Crippen LogP contribution in [0.3, 0.4) is 0 Å². The molecule has 1 saturated heterocycles. The first-order chi connectivity index (χ1) is 16.9. The van der Waals surface area contributed by atoms with E-state index in [1.54, 1.807) is 13.4 Å². The molecule has 1 aromatic carbocycles. The number of nitrogens with zero attached hydrogens (tertiary/aromatic N) is 7. The maximum atomic E-state index is 5.98. The lowest BCUT2D eigenvalue weighted by Gasteiger charge is -2.49. The van der Waals surface area contributed by atoms with Gasteiger partial charge in [-0.15, -0.1) is 10.2 Å². The summed E-state index contributed by atoms with van der Waals surface area (Å²) < 4.78 is 13.6. The summed E-state index contributed by atoms with van der Waals surface area (Å²) >= 11 is 0. The molecular weight excluding hydrogens is 442 g/mol. The highest BCUT2D eigenvalue weighted by Crippen LogP contribution is 2.35. The number of pyridine rings is 1. The number of benzene rings is 1. The van der Waals surface area contributed by atoms with Crippen molar-refractivity contribution in [2.24, 2.45) is 7.05 Å². The number of hydrogen-bond donors (Lipinski definition) is 0. The Kier molecular flexibility index (Phi) is 6.10. The van der Waals surface area contributed by atoms with Crippen LogP contribution in [0.25, 0.3) is 22.3 Å². The predicted molar refractivity (Wildman–Crippen MR) is 135 cm³/mol. The first-order valence-electron chi connectivity index (χ1n) is 12.0. The van der Waals surface area contributed by atoms with Gasteiger partial charge < -0.3 is 18.9 Å². The molecule has 4 heterocycles. The zero-order valence-electron chi connectivity index (χ0n) is 20.9. The van der Waals surface area contributed by atoms with Crippen molar-refractivity contribution in [3.05, 3.63) is 53.9 Å². The van der Waals surface area contributed by atoms with Crippen molar-refractivity contribution >= 4 is 16.7 Å². The quantitative estimate of drug-likeness (QED) is 0.382. The van der Waals surface area contributed by atoms with Crippen LogP contribution in [0, 0.1) is 6.92 Å². The number of rotatable bonds is 8. The summed E-state index contributed by atoms with van der Waals surface area (Å²) in [7, 11) is 3.71. The second-order valence-electron chi connectivity index (χ2n) is 9.11. The van der Waals surface area contributed by atoms with Crippen LogP contribution in [0.15, 0.2) is 36.8 Å². The highest BCUT2D eigenvalue weighted by molar-refractivity contribution is 5.89. The van der Waals surface area contributed by atoms with E-state index in [4.69, 9.17) is 19.4 Å². The van der Waals surface area contributed by atoms with Gasteiger partial charge in [0, 0.05) is 49.0 Å². The van der Waals surface area contributed by atoms with E-state index in [2.05, 4.69) is 33.1 Å². The molecule has 0 atom stereocenters. The van der Waals surface area contributed by atoms with E-state index >= 15 is 0 Å². The number of hydrogen-bond acceptors (Lipinski definition) is 8. The number of aryl methyl sites for hydroxylation is 2. The molecule has 35 heavy (non-hydrogen) atoms. The highest BCUT2D eigenvalue weighted by Gasteiger charge is 2.43. The fourth-order valence-electron chi connectivity index (χ4n) is 4.64. The van der Waals surface area contributed by atoms with Crippen LogP contribution in [-0.4, -0.2) is 62.1 Å². The van der Waals surface area contributed by atoms with Gasteiger partial charge in [-0.05, 0) is 32.4 Å². The van der Waals surface area contributed by atoms with Crippen LogP contribution >= 0.6 is 0 Å². The van der Waals surface area contributed by atoms with Crippen molar-refractivity contribution in [1.29, 1.82) is 0 Å². The Bertz CT molecular complexity index is 1360. The van der Waals surface area contributed by atoms with Gasteiger partial charge in [-0.2, -0.15) is 0 Å². The van der Waals surface area contributed by atoms with Crippen molar-refractivity contribution < 1.29 is 9.47 Å². The maximum Gasteiger partial charge on any atom is 0.163 e. The molecule has 1 aliphatic heterocycles. The Morgan fingerprint density at radius 1 is 1.11 bits per heavy atom. The van der Waals surface area contributed by atoms with Crippen LogP contribution in [0.5, 0.6) is 5.75 Å². The van der Waals surface area contributed by atoms with Crippen LogP contribution < -0.4 is 9.64 Å². The molecule has 1 fully saturated rings. The molecule has 0 radical (unpaired) electrons. The average Bonchev–Trinajstić information content (AvgIpc) is 3.26. The lowest BCUT2D eigenvalue weighted by atomic mass is 9.91. The third kappa shape index (κ3) is 4.32. The van der Waals surface area contributed by atoms with Crippen molar-refractivity contribution in [3.8, 4) is 17.1 Å². The largest absolute Gasteiger partial charge is 0.494 e. The molecule has 1 aliphatic rings. The predicted octanol–water partition coefficient (Wildman–Crippen LogP) is 3.73. The summed E-state index contributed by atoms with van der Waals surface area (Å²) in [6.07, 6.45) is 5.10. The highest BCUT2D eigenvalue weighted by atomic mass is 16.5. The summed E-state index contributed by atoms with van der Waals surface area (Å²) in [5.74, 6) is 3.21. The minimum Gasteiger partial charge on any atom is -0.494 e. The number of methoxy groups -OCH3 is 1. The molecule has 9 nitrogen and oxygen atoms in total. The zero-order chi connectivity index (χ0) is 24.6. The molecule has 9 heteroatoms. The molecule has 0 spiro atoms. The molecule has 3 aromatic heterocycles. The first-order valence-corrected chi connectivity index (χ1v) is 12.0. The van der Waals surface area contributed by atoms with Gasteiger partial charge >= 0.3 is 0 Å². The van der Waals surface area contributed by atoms with Crippen molar-refractivity contribution in [1.82, 2.24) is 29.7 Å². The molecule has 0 bridgehead atoms. The summed E-state index contributed by atoms with van der Waals surface area (Å²) in [5.41, 5.74) is 3.69. The van der Waals surface area contributed by atoms with Crippen molar-refractivity contribution in [3.63, 3.8) is 0 Å². The number of ether oxygens (including phenoxy) is 2. The molecule has 182 valence electrons. The van der Waals surface area contributed by atoms with Gasteiger partial charge in [-0.1, -0.05) is 19.1 Å². The van der Waals surface area contributed by atoms with Crippen LogP contribution in [0.2, 0.25) is 0 Å². The topological polar surface area (TPSA) is 91.1 Å². The molecule has 0 aliphatic carbocycles. The molecule has 5 rings (SSSR count). The molecular formula is C26H31N7O2. The van der Waals surface area contributed by atoms with Gasteiger partial charge in [0.15, 0.2) is 11.6 Å². The molecule has 0 amide bonds. The minimum absolute atomic E-state index is 0.107.